The molecule has 24 heavy (non-hydrogen) atoms. The molecule has 5 nitrogen and oxygen atoms in total. The van der Waals surface area contributed by atoms with Gasteiger partial charge in [0.25, 0.3) is 5.91 Å². The van der Waals surface area contributed by atoms with E-state index < -0.39 is 5.82 Å². The molecule has 1 saturated heterocycles. The molecule has 2 heterocycles. The highest BCUT2D eigenvalue weighted by Gasteiger charge is 2.28. The van der Waals surface area contributed by atoms with E-state index in [1.54, 1.807) is 6.07 Å². The first-order chi connectivity index (χ1) is 11.5. The molecule has 0 unspecified atom stereocenters. The fourth-order valence-corrected chi connectivity index (χ4v) is 3.67. The van der Waals surface area contributed by atoms with Crippen LogP contribution < -0.4 is 14.3 Å². The van der Waals surface area contributed by atoms with Gasteiger partial charge in [-0.3, -0.25) is 13.8 Å². The van der Waals surface area contributed by atoms with Crippen molar-refractivity contribution in [2.45, 2.75) is 32.7 Å². The van der Waals surface area contributed by atoms with Gasteiger partial charge in [-0.1, -0.05) is 19.9 Å². The van der Waals surface area contributed by atoms with E-state index in [-0.39, 0.29) is 29.9 Å². The molecule has 0 saturated carbocycles. The van der Waals surface area contributed by atoms with Gasteiger partial charge in [0.15, 0.2) is 5.82 Å². The summed E-state index contributed by atoms with van der Waals surface area (Å²) < 4.78 is 19.0. The van der Waals surface area contributed by atoms with Crippen molar-refractivity contribution in [2.75, 3.05) is 17.4 Å². The Morgan fingerprint density at radius 3 is 2.92 bits per heavy atom. The lowest BCUT2D eigenvalue weighted by Gasteiger charge is -2.18. The van der Waals surface area contributed by atoms with Gasteiger partial charge in [-0.25, -0.2) is 4.39 Å². The lowest BCUT2D eigenvalue weighted by Crippen LogP contribution is -2.22. The van der Waals surface area contributed by atoms with Crippen molar-refractivity contribution in [3.05, 3.63) is 29.6 Å². The topological polar surface area (TPSA) is 64.6 Å². The van der Waals surface area contributed by atoms with E-state index in [0.29, 0.717) is 18.0 Å². The Morgan fingerprint density at radius 2 is 2.25 bits per heavy atom. The predicted octanol–water partition coefficient (Wildman–Crippen LogP) is 2.82. The largest absolute Gasteiger partial charge is 0.506 e. The monoisotopic (exact) mass is 351 g/mol. The molecule has 0 aliphatic carbocycles. The Morgan fingerprint density at radius 1 is 1.46 bits per heavy atom. The van der Waals surface area contributed by atoms with Crippen molar-refractivity contribution in [1.29, 1.82) is 0 Å². The molecule has 0 bridgehead atoms. The minimum atomic E-state index is -0.489. The van der Waals surface area contributed by atoms with E-state index >= 15 is 0 Å². The number of phenolic OH excluding ortho intramolecular Hbond substituents is 1. The number of carbonyl (C=O) groups excluding carboxylic acids is 1. The summed E-state index contributed by atoms with van der Waals surface area (Å²) in [6.07, 6.45) is 4.21. The van der Waals surface area contributed by atoms with E-state index in [1.165, 1.54) is 10.4 Å². The number of carbonyl (C=O) groups is 1. The molecule has 130 valence electrons. The summed E-state index contributed by atoms with van der Waals surface area (Å²) in [5.41, 5.74) is 1.43. The van der Waals surface area contributed by atoms with E-state index in [4.69, 9.17) is 0 Å². The van der Waals surface area contributed by atoms with Crippen molar-refractivity contribution in [3.63, 3.8) is 0 Å². The van der Waals surface area contributed by atoms with Crippen molar-refractivity contribution >= 4 is 29.3 Å². The molecule has 0 spiro atoms. The third-order valence-corrected chi connectivity index (χ3v) is 5.11. The maximum Gasteiger partial charge on any atom is 0.251 e. The zero-order valence-electron chi connectivity index (χ0n) is 13.8. The molecule has 3 rings (SSSR count). The van der Waals surface area contributed by atoms with E-state index in [9.17, 15) is 14.3 Å². The van der Waals surface area contributed by atoms with Gasteiger partial charge in [0.1, 0.15) is 18.0 Å². The fourth-order valence-electron chi connectivity index (χ4n) is 2.95. The minimum absolute atomic E-state index is 0.0207. The number of rotatable bonds is 5. The molecule has 1 aromatic rings. The van der Waals surface area contributed by atoms with Crippen LogP contribution in [-0.4, -0.2) is 30.1 Å². The summed E-state index contributed by atoms with van der Waals surface area (Å²) >= 11 is 0.994. The van der Waals surface area contributed by atoms with Crippen LogP contribution in [0, 0.1) is 11.7 Å². The van der Waals surface area contributed by atoms with Crippen LogP contribution in [0.1, 0.15) is 32.3 Å². The SMILES string of the molecule is CC(C)CC[C@H]1C=C(c2ccc(O)c(N3CC(=O)NS3)c2F)CN1. The molecular formula is C17H22FN3O2S. The zero-order chi connectivity index (χ0) is 17.3. The van der Waals surface area contributed by atoms with Crippen LogP contribution in [0.15, 0.2) is 18.2 Å². The second kappa shape index (κ2) is 7.03. The molecule has 1 aromatic carbocycles. The number of hydrogen-bond donors (Lipinski definition) is 3. The number of aromatic hydroxyl groups is 1. The molecule has 1 fully saturated rings. The normalized spacial score (nSPS) is 20.7. The predicted molar refractivity (Wildman–Crippen MR) is 95.0 cm³/mol. The Bertz CT molecular complexity index is 678. The summed E-state index contributed by atoms with van der Waals surface area (Å²) in [5.74, 6) is -0.224. The molecule has 1 atom stereocenters. The highest BCUT2D eigenvalue weighted by molar-refractivity contribution is 7.99. The van der Waals surface area contributed by atoms with Crippen LogP contribution in [-0.2, 0) is 4.79 Å². The van der Waals surface area contributed by atoms with Crippen LogP contribution in [0.4, 0.5) is 10.1 Å². The molecule has 2 aliphatic heterocycles. The van der Waals surface area contributed by atoms with Gasteiger partial charge >= 0.3 is 0 Å². The quantitative estimate of drug-likeness (QED) is 0.712. The van der Waals surface area contributed by atoms with Crippen molar-refractivity contribution in [2.24, 2.45) is 5.92 Å². The maximum absolute atomic E-state index is 15.0. The number of anilines is 1. The van der Waals surface area contributed by atoms with Crippen LogP contribution in [0.25, 0.3) is 5.57 Å². The van der Waals surface area contributed by atoms with Crippen LogP contribution in [0.2, 0.25) is 0 Å². The van der Waals surface area contributed by atoms with Crippen molar-refractivity contribution in [1.82, 2.24) is 10.0 Å². The minimum Gasteiger partial charge on any atom is -0.506 e. The first-order valence-corrected chi connectivity index (χ1v) is 8.92. The lowest BCUT2D eigenvalue weighted by atomic mass is 10.0. The number of halogens is 1. The van der Waals surface area contributed by atoms with Gasteiger partial charge in [0, 0.05) is 18.2 Å². The second-order valence-corrected chi connectivity index (χ2v) is 7.43. The summed E-state index contributed by atoms with van der Waals surface area (Å²) in [6.45, 7) is 5.00. The molecule has 2 aliphatic rings. The molecule has 1 amide bonds. The number of hydrogen-bond acceptors (Lipinski definition) is 5. The molecule has 0 aromatic heterocycles. The van der Waals surface area contributed by atoms with E-state index in [1.807, 2.05) is 0 Å². The van der Waals surface area contributed by atoms with Gasteiger partial charge in [-0.2, -0.15) is 0 Å². The Hall–Kier alpha value is -1.73. The van der Waals surface area contributed by atoms with Gasteiger partial charge in [-0.15, -0.1) is 0 Å². The van der Waals surface area contributed by atoms with E-state index in [0.717, 1.165) is 30.5 Å². The Kier molecular flexibility index (Phi) is 5.01. The Labute approximate surface area is 145 Å². The third kappa shape index (κ3) is 3.52. The second-order valence-electron chi connectivity index (χ2n) is 6.60. The van der Waals surface area contributed by atoms with Crippen LogP contribution >= 0.6 is 12.1 Å². The summed E-state index contributed by atoms with van der Waals surface area (Å²) in [5, 5.41) is 13.4. The fraction of sp³-hybridized carbons (Fsp3) is 0.471. The summed E-state index contributed by atoms with van der Waals surface area (Å²) in [7, 11) is 0. The summed E-state index contributed by atoms with van der Waals surface area (Å²) in [4.78, 5) is 11.4. The molecule has 7 heteroatoms. The molecule has 3 N–H and O–H groups in total. The third-order valence-electron chi connectivity index (χ3n) is 4.26. The first kappa shape index (κ1) is 17.1. The van der Waals surface area contributed by atoms with Gasteiger partial charge in [0.05, 0.1) is 12.1 Å². The molecule has 0 radical (unpaired) electrons. The summed E-state index contributed by atoms with van der Waals surface area (Å²) in [6, 6.07) is 3.34. The van der Waals surface area contributed by atoms with E-state index in [2.05, 4.69) is 30.0 Å². The van der Waals surface area contributed by atoms with Crippen LogP contribution in [0.3, 0.4) is 0 Å². The van der Waals surface area contributed by atoms with Gasteiger partial charge in [0.2, 0.25) is 0 Å². The maximum atomic E-state index is 15.0. The van der Waals surface area contributed by atoms with Crippen LogP contribution in [0.5, 0.6) is 5.75 Å². The number of phenols is 1. The van der Waals surface area contributed by atoms with Crippen molar-refractivity contribution in [3.8, 4) is 5.75 Å². The standard InChI is InChI=1S/C17H22FN3O2S/c1-10(2)3-4-12-7-11(8-19-12)13-5-6-14(22)17(16(13)18)21-9-15(23)20-24-21/h5-7,10,12,19,22H,3-4,8-9H2,1-2H3,(H,20,23)/t12-/m0/s1. The lowest BCUT2D eigenvalue weighted by molar-refractivity contribution is -0.117. The first-order valence-electron chi connectivity index (χ1n) is 8.15. The van der Waals surface area contributed by atoms with Crippen molar-refractivity contribution < 1.29 is 14.3 Å². The van der Waals surface area contributed by atoms with Gasteiger partial charge in [-0.05, 0) is 36.5 Å². The molecular weight excluding hydrogens is 329 g/mol. The highest BCUT2D eigenvalue weighted by Crippen LogP contribution is 2.39. The highest BCUT2D eigenvalue weighted by atomic mass is 32.2. The smallest absolute Gasteiger partial charge is 0.251 e. The van der Waals surface area contributed by atoms with Gasteiger partial charge < -0.3 is 10.4 Å². The zero-order valence-corrected chi connectivity index (χ0v) is 14.6. The number of amides is 1. The Balaban J connectivity index is 1.84. The number of nitrogens with zero attached hydrogens (tertiary/aromatic N) is 1. The number of benzene rings is 1. The number of nitrogens with one attached hydrogen (secondary N) is 2. The average molecular weight is 351 g/mol. The average Bonchev–Trinajstić information content (AvgIpc) is 3.15.